The predicted molar refractivity (Wildman–Crippen MR) is 82.0 cm³/mol. The lowest BCUT2D eigenvalue weighted by atomic mass is 9.96. The number of carbonyl (C=O) groups is 1. The Morgan fingerprint density at radius 1 is 1.20 bits per heavy atom. The van der Waals surface area contributed by atoms with Gasteiger partial charge in [-0.1, -0.05) is 0 Å². The summed E-state index contributed by atoms with van der Waals surface area (Å²) in [6.07, 6.45) is 1.47. The number of carbonyl (C=O) groups excluding carboxylic acids is 1. The van der Waals surface area contributed by atoms with Gasteiger partial charge in [0.2, 0.25) is 0 Å². The predicted octanol–water partition coefficient (Wildman–Crippen LogP) is 3.05. The van der Waals surface area contributed by atoms with Crippen LogP contribution in [0.25, 0.3) is 0 Å². The maximum atomic E-state index is 12.8. The molecule has 0 aromatic carbocycles. The molecular weight excluding hydrogens is 335 g/mol. The average Bonchev–Trinajstić information content (AvgIpc) is 3.12. The highest BCUT2D eigenvalue weighted by Gasteiger charge is 2.36. The van der Waals surface area contributed by atoms with Gasteiger partial charge < -0.3 is 9.88 Å². The van der Waals surface area contributed by atoms with Crippen LogP contribution in [0.3, 0.4) is 0 Å². The third-order valence-electron chi connectivity index (χ3n) is 4.88. The fourth-order valence-corrected chi connectivity index (χ4v) is 3.39. The van der Waals surface area contributed by atoms with Crippen molar-refractivity contribution in [2.24, 2.45) is 0 Å². The smallest absolute Gasteiger partial charge is 0.338 e. The number of alkyl halides is 3. The number of hydrogen-bond donors (Lipinski definition) is 2. The number of imidazole rings is 1. The molecule has 1 unspecified atom stereocenters. The maximum Gasteiger partial charge on any atom is 0.432 e. The quantitative estimate of drug-likeness (QED) is 0.890. The van der Waals surface area contributed by atoms with Gasteiger partial charge in [0.25, 0.3) is 5.91 Å². The molecule has 2 aromatic rings. The van der Waals surface area contributed by atoms with E-state index in [4.69, 9.17) is 0 Å². The van der Waals surface area contributed by atoms with Gasteiger partial charge in [0.15, 0.2) is 0 Å². The van der Waals surface area contributed by atoms with Gasteiger partial charge in [-0.2, -0.15) is 18.3 Å². The molecular formula is C16H18F3N5O. The first-order valence-corrected chi connectivity index (χ1v) is 8.38. The van der Waals surface area contributed by atoms with Crippen LogP contribution in [0.15, 0.2) is 12.4 Å². The lowest BCUT2D eigenvalue weighted by Gasteiger charge is -2.32. The molecule has 1 atom stereocenters. The van der Waals surface area contributed by atoms with Crippen LogP contribution in [0.5, 0.6) is 0 Å². The summed E-state index contributed by atoms with van der Waals surface area (Å²) < 4.78 is 38.2. The lowest BCUT2D eigenvalue weighted by molar-refractivity contribution is -0.141. The Balaban J connectivity index is 1.50. The van der Waals surface area contributed by atoms with Crippen molar-refractivity contribution in [2.75, 3.05) is 13.1 Å². The summed E-state index contributed by atoms with van der Waals surface area (Å²) in [5.74, 6) is 0.342. The Kier molecular flexibility index (Phi) is 3.81. The first-order valence-electron chi connectivity index (χ1n) is 8.38. The number of halogens is 3. The molecule has 0 radical (unpaired) electrons. The fraction of sp³-hybridized carbons (Fsp3) is 0.562. The van der Waals surface area contributed by atoms with E-state index >= 15 is 0 Å². The molecule has 0 bridgehead atoms. The van der Waals surface area contributed by atoms with Crippen molar-refractivity contribution >= 4 is 5.91 Å². The van der Waals surface area contributed by atoms with Crippen LogP contribution < -0.4 is 0 Å². The summed E-state index contributed by atoms with van der Waals surface area (Å²) >= 11 is 0. The highest BCUT2D eigenvalue weighted by Crippen LogP contribution is 2.41. The summed E-state index contributed by atoms with van der Waals surface area (Å²) in [6, 6.07) is 0. The highest BCUT2D eigenvalue weighted by molar-refractivity contribution is 5.95. The van der Waals surface area contributed by atoms with Gasteiger partial charge in [0, 0.05) is 24.9 Å². The first kappa shape index (κ1) is 16.2. The minimum absolute atomic E-state index is 0.108. The summed E-state index contributed by atoms with van der Waals surface area (Å²) in [5, 5.41) is 6.90. The Morgan fingerprint density at radius 2 is 2.00 bits per heavy atom. The van der Waals surface area contributed by atoms with E-state index in [1.54, 1.807) is 11.1 Å². The molecule has 3 heterocycles. The second-order valence-electron chi connectivity index (χ2n) is 6.74. The van der Waals surface area contributed by atoms with E-state index in [1.165, 1.54) is 0 Å². The molecule has 1 saturated heterocycles. The summed E-state index contributed by atoms with van der Waals surface area (Å²) in [5.41, 5.74) is 0.611. The summed E-state index contributed by atoms with van der Waals surface area (Å²) in [4.78, 5) is 20.8. The van der Waals surface area contributed by atoms with E-state index in [1.807, 2.05) is 0 Å². The third kappa shape index (κ3) is 3.14. The molecule has 1 aliphatic carbocycles. The number of likely N-dealkylation sites (tertiary alicyclic amines) is 1. The Labute approximate surface area is 141 Å². The van der Waals surface area contributed by atoms with Crippen molar-refractivity contribution < 1.29 is 18.0 Å². The molecule has 9 heteroatoms. The zero-order valence-corrected chi connectivity index (χ0v) is 13.4. The maximum absolute atomic E-state index is 12.8. The number of hydrogen-bond acceptors (Lipinski definition) is 3. The number of aromatic nitrogens is 4. The Bertz CT molecular complexity index is 777. The van der Waals surface area contributed by atoms with Crippen LogP contribution in [0.1, 0.15) is 65.1 Å². The topological polar surface area (TPSA) is 77.7 Å². The lowest BCUT2D eigenvalue weighted by Crippen LogP contribution is -2.39. The number of piperidine rings is 1. The molecule has 6 nitrogen and oxygen atoms in total. The Morgan fingerprint density at radius 3 is 2.68 bits per heavy atom. The molecule has 2 fully saturated rings. The number of rotatable bonds is 3. The first-order chi connectivity index (χ1) is 11.9. The molecule has 4 rings (SSSR count). The summed E-state index contributed by atoms with van der Waals surface area (Å²) in [6.45, 7) is 0.955. The van der Waals surface area contributed by atoms with Gasteiger partial charge in [-0.25, -0.2) is 4.98 Å². The molecule has 0 spiro atoms. The monoisotopic (exact) mass is 353 g/mol. The number of nitrogens with one attached hydrogen (secondary N) is 2. The number of H-pyrrole nitrogens is 2. The molecule has 134 valence electrons. The Hall–Kier alpha value is -2.32. The largest absolute Gasteiger partial charge is 0.432 e. The van der Waals surface area contributed by atoms with Gasteiger partial charge in [-0.05, 0) is 25.7 Å². The van der Waals surface area contributed by atoms with Crippen LogP contribution >= 0.6 is 0 Å². The molecule has 25 heavy (non-hydrogen) atoms. The fourth-order valence-electron chi connectivity index (χ4n) is 3.39. The van der Waals surface area contributed by atoms with Crippen molar-refractivity contribution in [3.05, 3.63) is 35.2 Å². The van der Waals surface area contributed by atoms with E-state index in [9.17, 15) is 18.0 Å². The van der Waals surface area contributed by atoms with E-state index in [0.717, 1.165) is 31.2 Å². The SMILES string of the molecule is O=C(c1cn[nH]c1C1CC1)N1CCCC(c2ncc(C(F)(F)F)[nH]2)C1. The second-order valence-corrected chi connectivity index (χ2v) is 6.74. The minimum atomic E-state index is -4.44. The molecule has 2 aromatic heterocycles. The van der Waals surface area contributed by atoms with Crippen molar-refractivity contribution in [3.63, 3.8) is 0 Å². The van der Waals surface area contributed by atoms with Crippen molar-refractivity contribution in [3.8, 4) is 0 Å². The van der Waals surface area contributed by atoms with Gasteiger partial charge in [-0.3, -0.25) is 9.89 Å². The van der Waals surface area contributed by atoms with Crippen molar-refractivity contribution in [1.29, 1.82) is 0 Å². The molecule has 2 aliphatic rings. The average molecular weight is 353 g/mol. The van der Waals surface area contributed by atoms with Crippen molar-refractivity contribution in [2.45, 2.75) is 43.7 Å². The van der Waals surface area contributed by atoms with E-state index in [2.05, 4.69) is 20.2 Å². The zero-order chi connectivity index (χ0) is 17.6. The van der Waals surface area contributed by atoms with Crippen LogP contribution in [0, 0.1) is 0 Å². The second kappa shape index (κ2) is 5.89. The molecule has 1 aliphatic heterocycles. The third-order valence-corrected chi connectivity index (χ3v) is 4.88. The van der Waals surface area contributed by atoms with Gasteiger partial charge in [0.05, 0.1) is 23.7 Å². The standard InChI is InChI=1S/C16H18F3N5O/c17-16(18,19)12-7-20-14(22-12)10-2-1-5-24(8-10)15(25)11-6-21-23-13(11)9-3-4-9/h6-7,9-10H,1-5,8H2,(H,20,22)(H,21,23). The van der Waals surface area contributed by atoms with E-state index < -0.39 is 11.9 Å². The normalized spacial score (nSPS) is 21.6. The van der Waals surface area contributed by atoms with Crippen molar-refractivity contribution in [1.82, 2.24) is 25.1 Å². The number of nitrogens with zero attached hydrogens (tertiary/aromatic N) is 3. The van der Waals surface area contributed by atoms with Crippen LogP contribution in [-0.2, 0) is 6.18 Å². The summed E-state index contributed by atoms with van der Waals surface area (Å²) in [7, 11) is 0. The number of amides is 1. The van der Waals surface area contributed by atoms with E-state index in [0.29, 0.717) is 36.8 Å². The van der Waals surface area contributed by atoms with E-state index in [-0.39, 0.29) is 11.8 Å². The highest BCUT2D eigenvalue weighted by atomic mass is 19.4. The zero-order valence-electron chi connectivity index (χ0n) is 13.4. The molecule has 1 amide bonds. The number of aromatic amines is 2. The van der Waals surface area contributed by atoms with Gasteiger partial charge in [0.1, 0.15) is 11.5 Å². The van der Waals surface area contributed by atoms with Gasteiger partial charge in [-0.15, -0.1) is 0 Å². The molecule has 1 saturated carbocycles. The van der Waals surface area contributed by atoms with Crippen LogP contribution in [-0.4, -0.2) is 44.1 Å². The molecule has 2 N–H and O–H groups in total. The minimum Gasteiger partial charge on any atom is -0.338 e. The van der Waals surface area contributed by atoms with Gasteiger partial charge >= 0.3 is 6.18 Å². The van der Waals surface area contributed by atoms with Crippen LogP contribution in [0.4, 0.5) is 13.2 Å². The van der Waals surface area contributed by atoms with Crippen LogP contribution in [0.2, 0.25) is 0 Å².